The van der Waals surface area contributed by atoms with E-state index < -0.39 is 11.3 Å². The van der Waals surface area contributed by atoms with Gasteiger partial charge in [-0.15, -0.1) is 0 Å². The molecule has 86 valence electrons. The molecule has 0 atom stereocenters. The molecule has 0 bridgehead atoms. The summed E-state index contributed by atoms with van der Waals surface area (Å²) in [7, 11) is 0. The lowest BCUT2D eigenvalue weighted by Crippen LogP contribution is -2.32. The third kappa shape index (κ3) is 5.32. The van der Waals surface area contributed by atoms with Crippen LogP contribution in [0.3, 0.4) is 0 Å². The molecule has 4 nitrogen and oxygen atoms in total. The standard InChI is InChI=1S/C11H19NO3/c1-5-7-11(3,4)9(13)8-15-12-10(14)6-2/h6H,2,5,7-8H2,1,3-4H3,(H,12,14). The van der Waals surface area contributed by atoms with Gasteiger partial charge in [0.05, 0.1) is 0 Å². The summed E-state index contributed by atoms with van der Waals surface area (Å²) in [6.45, 7) is 8.92. The van der Waals surface area contributed by atoms with Crippen molar-refractivity contribution in [3.05, 3.63) is 12.7 Å². The molecule has 0 aliphatic heterocycles. The average molecular weight is 213 g/mol. The highest BCUT2D eigenvalue weighted by atomic mass is 16.7. The van der Waals surface area contributed by atoms with E-state index in [1.54, 1.807) is 0 Å². The third-order valence-corrected chi connectivity index (χ3v) is 2.19. The molecule has 4 heteroatoms. The van der Waals surface area contributed by atoms with Crippen LogP contribution in [0.25, 0.3) is 0 Å². The van der Waals surface area contributed by atoms with Gasteiger partial charge in [0.15, 0.2) is 5.78 Å². The van der Waals surface area contributed by atoms with Gasteiger partial charge in [-0.25, -0.2) is 5.48 Å². The quantitative estimate of drug-likeness (QED) is 0.516. The van der Waals surface area contributed by atoms with Crippen LogP contribution >= 0.6 is 0 Å². The second kappa shape index (κ2) is 6.35. The molecule has 1 amide bonds. The minimum absolute atomic E-state index is 0.0197. The molecule has 0 saturated heterocycles. The molecule has 0 aromatic heterocycles. The number of hydrogen-bond donors (Lipinski definition) is 1. The van der Waals surface area contributed by atoms with Gasteiger partial charge in [-0.3, -0.25) is 14.4 Å². The van der Waals surface area contributed by atoms with Gasteiger partial charge in [-0.2, -0.15) is 0 Å². The van der Waals surface area contributed by atoms with E-state index in [2.05, 4.69) is 12.1 Å². The van der Waals surface area contributed by atoms with Crippen LogP contribution in [-0.2, 0) is 14.4 Å². The molecule has 15 heavy (non-hydrogen) atoms. The maximum absolute atomic E-state index is 11.6. The molecule has 0 heterocycles. The summed E-state index contributed by atoms with van der Waals surface area (Å²) in [6.07, 6.45) is 2.84. The molecule has 0 aliphatic carbocycles. The number of ketones is 1. The van der Waals surface area contributed by atoms with E-state index >= 15 is 0 Å². The number of carbonyl (C=O) groups excluding carboxylic acids is 2. The first kappa shape index (κ1) is 13.8. The smallest absolute Gasteiger partial charge is 0.266 e. The largest absolute Gasteiger partial charge is 0.296 e. The van der Waals surface area contributed by atoms with Crippen molar-refractivity contribution in [2.45, 2.75) is 33.6 Å². The van der Waals surface area contributed by atoms with Crippen LogP contribution in [-0.4, -0.2) is 18.3 Å². The van der Waals surface area contributed by atoms with Crippen molar-refractivity contribution in [1.29, 1.82) is 0 Å². The first-order valence-electron chi connectivity index (χ1n) is 5.01. The number of hydroxylamine groups is 1. The predicted molar refractivity (Wildman–Crippen MR) is 58.0 cm³/mol. The molecule has 0 rings (SSSR count). The summed E-state index contributed by atoms with van der Waals surface area (Å²) in [5.41, 5.74) is 1.70. The molecule has 0 fully saturated rings. The Kier molecular flexibility index (Phi) is 5.86. The zero-order chi connectivity index (χ0) is 11.9. The highest BCUT2D eigenvalue weighted by molar-refractivity contribution is 5.87. The highest BCUT2D eigenvalue weighted by Gasteiger charge is 2.26. The van der Waals surface area contributed by atoms with E-state index in [0.29, 0.717) is 0 Å². The Morgan fingerprint density at radius 1 is 1.47 bits per heavy atom. The van der Waals surface area contributed by atoms with Crippen LogP contribution in [0.4, 0.5) is 0 Å². The predicted octanol–water partition coefficient (Wildman–Crippen LogP) is 1.62. The normalized spacial score (nSPS) is 10.9. The van der Waals surface area contributed by atoms with E-state index in [0.717, 1.165) is 18.9 Å². The summed E-state index contributed by atoms with van der Waals surface area (Å²) in [5.74, 6) is -0.468. The summed E-state index contributed by atoms with van der Waals surface area (Å²) in [5, 5.41) is 0. The molecule has 1 N–H and O–H groups in total. The summed E-state index contributed by atoms with van der Waals surface area (Å²) < 4.78 is 0. The Labute approximate surface area is 90.6 Å². The first-order valence-corrected chi connectivity index (χ1v) is 5.01. The third-order valence-electron chi connectivity index (χ3n) is 2.19. The van der Waals surface area contributed by atoms with Crippen LogP contribution in [0.2, 0.25) is 0 Å². The van der Waals surface area contributed by atoms with Gasteiger partial charge in [0.25, 0.3) is 5.91 Å². The Bertz CT molecular complexity index is 246. The number of hydrogen-bond acceptors (Lipinski definition) is 3. The minimum Gasteiger partial charge on any atom is -0.296 e. The van der Waals surface area contributed by atoms with Crippen LogP contribution in [0.15, 0.2) is 12.7 Å². The van der Waals surface area contributed by atoms with Crippen molar-refractivity contribution < 1.29 is 14.4 Å². The number of carbonyl (C=O) groups is 2. The van der Waals surface area contributed by atoms with Crippen molar-refractivity contribution in [3.63, 3.8) is 0 Å². The molecule has 0 spiro atoms. The number of rotatable bonds is 7. The molecule has 0 aliphatic rings. The summed E-state index contributed by atoms with van der Waals surface area (Å²) in [4.78, 5) is 27.1. The molecule has 0 radical (unpaired) electrons. The monoisotopic (exact) mass is 213 g/mol. The number of amides is 1. The zero-order valence-corrected chi connectivity index (χ0v) is 9.63. The Morgan fingerprint density at radius 2 is 2.07 bits per heavy atom. The lowest BCUT2D eigenvalue weighted by atomic mass is 9.84. The van der Waals surface area contributed by atoms with Gasteiger partial charge >= 0.3 is 0 Å². The summed E-state index contributed by atoms with van der Waals surface area (Å²) >= 11 is 0. The van der Waals surface area contributed by atoms with E-state index in [1.807, 2.05) is 20.8 Å². The Balaban J connectivity index is 3.92. The molecule has 0 aromatic carbocycles. The van der Waals surface area contributed by atoms with E-state index in [4.69, 9.17) is 4.84 Å². The topological polar surface area (TPSA) is 55.4 Å². The van der Waals surface area contributed by atoms with Crippen LogP contribution in [0.1, 0.15) is 33.6 Å². The van der Waals surface area contributed by atoms with Gasteiger partial charge < -0.3 is 0 Å². The van der Waals surface area contributed by atoms with E-state index in [-0.39, 0.29) is 12.4 Å². The van der Waals surface area contributed by atoms with Gasteiger partial charge in [-0.1, -0.05) is 33.8 Å². The fourth-order valence-electron chi connectivity index (χ4n) is 1.17. The van der Waals surface area contributed by atoms with Gasteiger partial charge in [0.2, 0.25) is 0 Å². The lowest BCUT2D eigenvalue weighted by Gasteiger charge is -2.21. The van der Waals surface area contributed by atoms with Gasteiger partial charge in [-0.05, 0) is 12.5 Å². The summed E-state index contributed by atoms with van der Waals surface area (Å²) in [6, 6.07) is 0. The van der Waals surface area contributed by atoms with Crippen LogP contribution < -0.4 is 5.48 Å². The van der Waals surface area contributed by atoms with Crippen molar-refractivity contribution >= 4 is 11.7 Å². The SMILES string of the molecule is C=CC(=O)NOCC(=O)C(C)(C)CCC. The Hall–Kier alpha value is -1.16. The van der Waals surface area contributed by atoms with Gasteiger partial charge in [0.1, 0.15) is 6.61 Å². The maximum Gasteiger partial charge on any atom is 0.266 e. The second-order valence-corrected chi connectivity index (χ2v) is 4.02. The van der Waals surface area contributed by atoms with Crippen molar-refractivity contribution in [2.75, 3.05) is 6.61 Å². The number of nitrogens with one attached hydrogen (secondary N) is 1. The maximum atomic E-state index is 11.6. The van der Waals surface area contributed by atoms with Crippen LogP contribution in [0, 0.1) is 5.41 Å². The van der Waals surface area contributed by atoms with Crippen molar-refractivity contribution in [3.8, 4) is 0 Å². The molecule has 0 saturated carbocycles. The first-order chi connectivity index (χ1) is 6.94. The lowest BCUT2D eigenvalue weighted by molar-refractivity contribution is -0.140. The highest BCUT2D eigenvalue weighted by Crippen LogP contribution is 2.23. The van der Waals surface area contributed by atoms with Gasteiger partial charge in [0, 0.05) is 5.41 Å². The fourth-order valence-corrected chi connectivity index (χ4v) is 1.17. The Morgan fingerprint density at radius 3 is 2.53 bits per heavy atom. The van der Waals surface area contributed by atoms with E-state index in [1.165, 1.54) is 0 Å². The molecular formula is C11H19NO3. The zero-order valence-electron chi connectivity index (χ0n) is 9.63. The average Bonchev–Trinajstić information content (AvgIpc) is 2.17. The number of Topliss-reactive ketones (excluding diaryl/α,β-unsaturated/α-hetero) is 1. The molecular weight excluding hydrogens is 194 g/mol. The minimum atomic E-state index is -0.448. The molecule has 0 aromatic rings. The van der Waals surface area contributed by atoms with Crippen molar-refractivity contribution in [1.82, 2.24) is 5.48 Å². The van der Waals surface area contributed by atoms with Crippen LogP contribution in [0.5, 0.6) is 0 Å². The van der Waals surface area contributed by atoms with E-state index in [9.17, 15) is 9.59 Å². The molecule has 0 unspecified atom stereocenters. The van der Waals surface area contributed by atoms with Crippen molar-refractivity contribution in [2.24, 2.45) is 5.41 Å². The second-order valence-electron chi connectivity index (χ2n) is 4.02. The fraction of sp³-hybridized carbons (Fsp3) is 0.636.